The zero-order valence-electron chi connectivity index (χ0n) is 10.0. The summed E-state index contributed by atoms with van der Waals surface area (Å²) in [6, 6.07) is 6.34. The van der Waals surface area contributed by atoms with E-state index in [9.17, 15) is 8.42 Å². The lowest BCUT2D eigenvalue weighted by molar-refractivity contribution is 0.281. The standard InChI is InChI=1S/C12H19NO3S/c1-2-3-4-8-13-17(15,16)12-7-5-6-11(9-12)10-14/h5-7,9,13-14H,2-4,8,10H2,1H3. The normalized spacial score (nSPS) is 11.6. The number of aliphatic hydroxyl groups excluding tert-OH is 1. The van der Waals surface area contributed by atoms with Gasteiger partial charge in [0.05, 0.1) is 11.5 Å². The van der Waals surface area contributed by atoms with Crippen LogP contribution < -0.4 is 4.72 Å². The van der Waals surface area contributed by atoms with Gasteiger partial charge in [-0.05, 0) is 24.1 Å². The fraction of sp³-hybridized carbons (Fsp3) is 0.500. The highest BCUT2D eigenvalue weighted by Crippen LogP contribution is 2.11. The molecule has 2 N–H and O–H groups in total. The number of hydrogen-bond acceptors (Lipinski definition) is 3. The first kappa shape index (κ1) is 14.2. The lowest BCUT2D eigenvalue weighted by atomic mass is 10.2. The Morgan fingerprint density at radius 3 is 2.71 bits per heavy atom. The number of nitrogens with one attached hydrogen (secondary N) is 1. The highest BCUT2D eigenvalue weighted by Gasteiger charge is 2.13. The van der Waals surface area contributed by atoms with E-state index in [2.05, 4.69) is 11.6 Å². The number of rotatable bonds is 7. The van der Waals surface area contributed by atoms with Crippen LogP contribution in [0.1, 0.15) is 31.7 Å². The molecule has 5 heteroatoms. The molecule has 1 aromatic rings. The van der Waals surface area contributed by atoms with E-state index in [1.54, 1.807) is 12.1 Å². The molecule has 0 radical (unpaired) electrons. The summed E-state index contributed by atoms with van der Waals surface area (Å²) >= 11 is 0. The maximum absolute atomic E-state index is 11.9. The van der Waals surface area contributed by atoms with Crippen LogP contribution in [0.4, 0.5) is 0 Å². The molecule has 0 saturated carbocycles. The van der Waals surface area contributed by atoms with E-state index < -0.39 is 10.0 Å². The van der Waals surface area contributed by atoms with Crippen LogP contribution in [-0.2, 0) is 16.6 Å². The quantitative estimate of drug-likeness (QED) is 0.730. The molecule has 0 amide bonds. The summed E-state index contributed by atoms with van der Waals surface area (Å²) in [5.41, 5.74) is 0.599. The monoisotopic (exact) mass is 257 g/mol. The van der Waals surface area contributed by atoms with Crippen molar-refractivity contribution in [2.45, 2.75) is 37.7 Å². The minimum absolute atomic E-state index is 0.154. The average Bonchev–Trinajstić information content (AvgIpc) is 2.35. The Hall–Kier alpha value is -0.910. The second-order valence-electron chi connectivity index (χ2n) is 3.91. The highest BCUT2D eigenvalue weighted by molar-refractivity contribution is 7.89. The van der Waals surface area contributed by atoms with Gasteiger partial charge in [-0.15, -0.1) is 0 Å². The van der Waals surface area contributed by atoms with E-state index >= 15 is 0 Å². The van der Waals surface area contributed by atoms with Crippen molar-refractivity contribution in [2.75, 3.05) is 6.54 Å². The summed E-state index contributed by atoms with van der Waals surface area (Å²) in [7, 11) is -3.43. The molecule has 4 nitrogen and oxygen atoms in total. The molecule has 0 fully saturated rings. The lowest BCUT2D eigenvalue weighted by Gasteiger charge is -2.07. The summed E-state index contributed by atoms with van der Waals surface area (Å²) in [6.45, 7) is 2.37. The van der Waals surface area contributed by atoms with Crippen LogP contribution in [0.5, 0.6) is 0 Å². The fourth-order valence-corrected chi connectivity index (χ4v) is 2.62. The van der Waals surface area contributed by atoms with E-state index in [1.807, 2.05) is 0 Å². The molecule has 0 heterocycles. The maximum atomic E-state index is 11.9. The number of hydrogen-bond donors (Lipinski definition) is 2. The predicted molar refractivity (Wildman–Crippen MR) is 67.1 cm³/mol. The van der Waals surface area contributed by atoms with Gasteiger partial charge in [-0.25, -0.2) is 13.1 Å². The molecule has 0 bridgehead atoms. The summed E-state index contributed by atoms with van der Waals surface area (Å²) in [4.78, 5) is 0.209. The lowest BCUT2D eigenvalue weighted by Crippen LogP contribution is -2.24. The number of unbranched alkanes of at least 4 members (excludes halogenated alkanes) is 2. The molecular formula is C12H19NO3S. The molecule has 0 unspecified atom stereocenters. The number of aliphatic hydroxyl groups is 1. The van der Waals surface area contributed by atoms with Crippen molar-refractivity contribution < 1.29 is 13.5 Å². The van der Waals surface area contributed by atoms with Crippen molar-refractivity contribution in [1.82, 2.24) is 4.72 Å². The first-order valence-corrected chi connectivity index (χ1v) is 7.28. The zero-order valence-corrected chi connectivity index (χ0v) is 10.8. The van der Waals surface area contributed by atoms with Gasteiger partial charge >= 0.3 is 0 Å². The molecule has 0 aliphatic rings. The SMILES string of the molecule is CCCCCNS(=O)(=O)c1cccc(CO)c1. The van der Waals surface area contributed by atoms with Gasteiger partial charge in [0.25, 0.3) is 0 Å². The van der Waals surface area contributed by atoms with Gasteiger partial charge in [0.2, 0.25) is 10.0 Å². The predicted octanol–water partition coefficient (Wildman–Crippen LogP) is 1.65. The first-order valence-electron chi connectivity index (χ1n) is 5.79. The van der Waals surface area contributed by atoms with E-state index in [0.29, 0.717) is 12.1 Å². The van der Waals surface area contributed by atoms with E-state index in [1.165, 1.54) is 12.1 Å². The second kappa shape index (κ2) is 6.74. The molecule has 1 aromatic carbocycles. The minimum Gasteiger partial charge on any atom is -0.392 e. The third kappa shape index (κ3) is 4.46. The Labute approximate surface area is 103 Å². The summed E-state index contributed by atoms with van der Waals surface area (Å²) < 4.78 is 26.3. The molecular weight excluding hydrogens is 238 g/mol. The van der Waals surface area contributed by atoms with Crippen LogP contribution in [0.3, 0.4) is 0 Å². The van der Waals surface area contributed by atoms with Gasteiger partial charge < -0.3 is 5.11 Å². The van der Waals surface area contributed by atoms with E-state index in [4.69, 9.17) is 5.11 Å². The van der Waals surface area contributed by atoms with Crippen LogP contribution in [0.25, 0.3) is 0 Å². The molecule has 17 heavy (non-hydrogen) atoms. The molecule has 0 spiro atoms. The smallest absolute Gasteiger partial charge is 0.240 e. The van der Waals surface area contributed by atoms with Crippen molar-refractivity contribution in [3.8, 4) is 0 Å². The summed E-state index contributed by atoms with van der Waals surface area (Å²) in [5.74, 6) is 0. The highest BCUT2D eigenvalue weighted by atomic mass is 32.2. The summed E-state index contributed by atoms with van der Waals surface area (Å²) in [5, 5.41) is 8.96. The second-order valence-corrected chi connectivity index (χ2v) is 5.68. The van der Waals surface area contributed by atoms with Crippen molar-refractivity contribution in [3.05, 3.63) is 29.8 Å². The van der Waals surface area contributed by atoms with Crippen molar-refractivity contribution >= 4 is 10.0 Å². The fourth-order valence-electron chi connectivity index (χ4n) is 1.48. The van der Waals surface area contributed by atoms with E-state index in [-0.39, 0.29) is 11.5 Å². The Morgan fingerprint density at radius 2 is 2.06 bits per heavy atom. The molecule has 1 rings (SSSR count). The van der Waals surface area contributed by atoms with Gasteiger partial charge in [-0.3, -0.25) is 0 Å². The first-order chi connectivity index (χ1) is 8.10. The average molecular weight is 257 g/mol. The minimum atomic E-state index is -3.43. The van der Waals surface area contributed by atoms with Gasteiger partial charge in [0.15, 0.2) is 0 Å². The van der Waals surface area contributed by atoms with Gasteiger partial charge in [0.1, 0.15) is 0 Å². The Morgan fingerprint density at radius 1 is 1.29 bits per heavy atom. The maximum Gasteiger partial charge on any atom is 0.240 e. The summed E-state index contributed by atoms with van der Waals surface area (Å²) in [6.07, 6.45) is 2.91. The van der Waals surface area contributed by atoms with Crippen molar-refractivity contribution in [1.29, 1.82) is 0 Å². The van der Waals surface area contributed by atoms with Crippen molar-refractivity contribution in [2.24, 2.45) is 0 Å². The molecule has 0 aliphatic heterocycles. The Kier molecular flexibility index (Phi) is 5.61. The number of benzene rings is 1. The Balaban J connectivity index is 2.68. The number of sulfonamides is 1. The van der Waals surface area contributed by atoms with Gasteiger partial charge in [-0.1, -0.05) is 31.9 Å². The van der Waals surface area contributed by atoms with Crippen LogP contribution in [0.15, 0.2) is 29.2 Å². The molecule has 0 saturated heterocycles. The molecule has 0 aromatic heterocycles. The van der Waals surface area contributed by atoms with Crippen LogP contribution >= 0.6 is 0 Å². The molecule has 0 aliphatic carbocycles. The van der Waals surface area contributed by atoms with Gasteiger partial charge in [0, 0.05) is 6.54 Å². The van der Waals surface area contributed by atoms with Crippen LogP contribution in [-0.4, -0.2) is 20.1 Å². The van der Waals surface area contributed by atoms with Gasteiger partial charge in [-0.2, -0.15) is 0 Å². The molecule has 0 atom stereocenters. The topological polar surface area (TPSA) is 66.4 Å². The third-order valence-electron chi connectivity index (χ3n) is 2.46. The van der Waals surface area contributed by atoms with E-state index in [0.717, 1.165) is 19.3 Å². The zero-order chi connectivity index (χ0) is 12.7. The third-order valence-corrected chi connectivity index (χ3v) is 3.92. The van der Waals surface area contributed by atoms with Crippen molar-refractivity contribution in [3.63, 3.8) is 0 Å². The van der Waals surface area contributed by atoms with Crippen LogP contribution in [0, 0.1) is 0 Å². The van der Waals surface area contributed by atoms with Crippen LogP contribution in [0.2, 0.25) is 0 Å². The largest absolute Gasteiger partial charge is 0.392 e. The molecule has 96 valence electrons. The Bertz CT molecular complexity index is 443.